The van der Waals surface area contributed by atoms with Crippen molar-refractivity contribution >= 4 is 17.6 Å². The minimum absolute atomic E-state index is 0.778. The van der Waals surface area contributed by atoms with E-state index in [2.05, 4.69) is 31.2 Å². The van der Waals surface area contributed by atoms with Crippen molar-refractivity contribution in [2.45, 2.75) is 6.92 Å². The Labute approximate surface area is 87.0 Å². The first kappa shape index (κ1) is 9.16. The second-order valence-electron chi connectivity index (χ2n) is 3.22. The van der Waals surface area contributed by atoms with Crippen molar-refractivity contribution in [2.75, 3.05) is 0 Å². The SMILES string of the molecule is Cc1ccc(-c2csc(C=O)c2)cc1. The molecule has 2 heteroatoms. The van der Waals surface area contributed by atoms with E-state index in [4.69, 9.17) is 0 Å². The average Bonchev–Trinajstić information content (AvgIpc) is 2.67. The van der Waals surface area contributed by atoms with Crippen LogP contribution in [-0.4, -0.2) is 6.29 Å². The molecule has 0 aliphatic rings. The van der Waals surface area contributed by atoms with E-state index in [1.807, 2.05) is 11.4 Å². The van der Waals surface area contributed by atoms with Gasteiger partial charge in [-0.2, -0.15) is 0 Å². The number of carbonyl (C=O) groups excluding carboxylic acids is 1. The van der Waals surface area contributed by atoms with Crippen LogP contribution in [0.2, 0.25) is 0 Å². The summed E-state index contributed by atoms with van der Waals surface area (Å²) < 4.78 is 0. The number of aldehydes is 1. The topological polar surface area (TPSA) is 17.1 Å². The third kappa shape index (κ3) is 1.75. The maximum atomic E-state index is 10.5. The molecule has 0 saturated carbocycles. The van der Waals surface area contributed by atoms with Crippen molar-refractivity contribution in [1.29, 1.82) is 0 Å². The van der Waals surface area contributed by atoms with Crippen LogP contribution in [0.15, 0.2) is 35.7 Å². The van der Waals surface area contributed by atoms with Gasteiger partial charge in [-0.1, -0.05) is 29.8 Å². The minimum Gasteiger partial charge on any atom is -0.297 e. The van der Waals surface area contributed by atoms with E-state index in [0.717, 1.165) is 16.7 Å². The van der Waals surface area contributed by atoms with E-state index < -0.39 is 0 Å². The largest absolute Gasteiger partial charge is 0.297 e. The number of aryl methyl sites for hydroxylation is 1. The van der Waals surface area contributed by atoms with Gasteiger partial charge in [0.1, 0.15) is 0 Å². The Balaban J connectivity index is 2.39. The third-order valence-electron chi connectivity index (χ3n) is 2.12. The molecule has 2 rings (SSSR count). The highest BCUT2D eigenvalue weighted by Crippen LogP contribution is 2.24. The van der Waals surface area contributed by atoms with Crippen molar-refractivity contribution in [2.24, 2.45) is 0 Å². The lowest BCUT2D eigenvalue weighted by atomic mass is 10.1. The predicted octanol–water partition coefficient (Wildman–Crippen LogP) is 3.54. The van der Waals surface area contributed by atoms with Gasteiger partial charge in [-0.25, -0.2) is 0 Å². The van der Waals surface area contributed by atoms with Crippen LogP contribution in [0, 0.1) is 6.92 Å². The molecule has 0 amide bonds. The standard InChI is InChI=1S/C12H10OS/c1-9-2-4-10(5-3-9)11-6-12(7-13)14-8-11/h2-8H,1H3. The molecule has 0 aliphatic heterocycles. The normalized spacial score (nSPS) is 10.1. The van der Waals surface area contributed by atoms with E-state index in [1.54, 1.807) is 0 Å². The van der Waals surface area contributed by atoms with Gasteiger partial charge in [-0.05, 0) is 29.5 Å². The molecule has 0 N–H and O–H groups in total. The molecule has 0 aliphatic carbocycles. The van der Waals surface area contributed by atoms with Gasteiger partial charge < -0.3 is 0 Å². The van der Waals surface area contributed by atoms with Crippen LogP contribution in [0.3, 0.4) is 0 Å². The molecular weight excluding hydrogens is 192 g/mol. The van der Waals surface area contributed by atoms with E-state index >= 15 is 0 Å². The quantitative estimate of drug-likeness (QED) is 0.681. The Kier molecular flexibility index (Phi) is 2.46. The highest BCUT2D eigenvalue weighted by Gasteiger charge is 2.00. The zero-order valence-corrected chi connectivity index (χ0v) is 8.67. The summed E-state index contributed by atoms with van der Waals surface area (Å²) in [6.07, 6.45) is 0.891. The Morgan fingerprint density at radius 1 is 1.14 bits per heavy atom. The van der Waals surface area contributed by atoms with Crippen molar-refractivity contribution in [1.82, 2.24) is 0 Å². The monoisotopic (exact) mass is 202 g/mol. The maximum Gasteiger partial charge on any atom is 0.160 e. The van der Waals surface area contributed by atoms with Crippen LogP contribution >= 0.6 is 11.3 Å². The van der Waals surface area contributed by atoms with E-state index in [0.29, 0.717) is 0 Å². The number of thiophene rings is 1. The van der Waals surface area contributed by atoms with Gasteiger partial charge in [0.15, 0.2) is 6.29 Å². The molecule has 0 spiro atoms. The smallest absolute Gasteiger partial charge is 0.160 e. The maximum absolute atomic E-state index is 10.5. The summed E-state index contributed by atoms with van der Waals surface area (Å²) in [5.74, 6) is 0. The van der Waals surface area contributed by atoms with Gasteiger partial charge in [0.2, 0.25) is 0 Å². The van der Waals surface area contributed by atoms with Crippen LogP contribution < -0.4 is 0 Å². The lowest BCUT2D eigenvalue weighted by Gasteiger charge is -1.97. The first-order valence-corrected chi connectivity index (χ1v) is 5.28. The van der Waals surface area contributed by atoms with Gasteiger partial charge in [0.05, 0.1) is 4.88 Å². The molecule has 70 valence electrons. The highest BCUT2D eigenvalue weighted by atomic mass is 32.1. The zero-order chi connectivity index (χ0) is 9.97. The minimum atomic E-state index is 0.778. The Morgan fingerprint density at radius 3 is 2.43 bits per heavy atom. The summed E-state index contributed by atoms with van der Waals surface area (Å²) in [5.41, 5.74) is 3.54. The molecule has 1 aromatic heterocycles. The lowest BCUT2D eigenvalue weighted by Crippen LogP contribution is -1.75. The van der Waals surface area contributed by atoms with Gasteiger partial charge in [0.25, 0.3) is 0 Å². The number of rotatable bonds is 2. The second kappa shape index (κ2) is 3.76. The molecule has 0 unspecified atom stereocenters. The molecule has 0 saturated heterocycles. The van der Waals surface area contributed by atoms with Crippen LogP contribution in [-0.2, 0) is 0 Å². The van der Waals surface area contributed by atoms with Crippen LogP contribution in [0.1, 0.15) is 15.2 Å². The summed E-state index contributed by atoms with van der Waals surface area (Å²) in [7, 11) is 0. The van der Waals surface area contributed by atoms with Gasteiger partial charge >= 0.3 is 0 Å². The van der Waals surface area contributed by atoms with Crippen LogP contribution in [0.25, 0.3) is 11.1 Å². The lowest BCUT2D eigenvalue weighted by molar-refractivity contribution is 0.112. The fourth-order valence-corrected chi connectivity index (χ4v) is 2.03. The summed E-state index contributed by atoms with van der Waals surface area (Å²) in [6.45, 7) is 2.06. The van der Waals surface area contributed by atoms with Crippen molar-refractivity contribution in [3.05, 3.63) is 46.2 Å². The first-order chi connectivity index (χ1) is 6.79. The second-order valence-corrected chi connectivity index (χ2v) is 4.16. The van der Waals surface area contributed by atoms with Gasteiger partial charge in [-0.3, -0.25) is 4.79 Å². The molecule has 1 nitrogen and oxygen atoms in total. The molecule has 0 fully saturated rings. The molecule has 14 heavy (non-hydrogen) atoms. The molecule has 0 bridgehead atoms. The van der Waals surface area contributed by atoms with Crippen molar-refractivity contribution < 1.29 is 4.79 Å². The third-order valence-corrected chi connectivity index (χ3v) is 2.98. The summed E-state index contributed by atoms with van der Waals surface area (Å²) >= 11 is 1.48. The molecule has 1 aromatic carbocycles. The number of benzene rings is 1. The van der Waals surface area contributed by atoms with Crippen LogP contribution in [0.4, 0.5) is 0 Å². The van der Waals surface area contributed by atoms with E-state index in [-0.39, 0.29) is 0 Å². The fourth-order valence-electron chi connectivity index (χ4n) is 1.31. The molecule has 0 atom stereocenters. The Morgan fingerprint density at radius 2 is 1.86 bits per heavy atom. The molecule has 2 aromatic rings. The molecular formula is C12H10OS. The predicted molar refractivity (Wildman–Crippen MR) is 59.9 cm³/mol. The summed E-state index contributed by atoms with van der Waals surface area (Å²) in [6, 6.07) is 10.2. The zero-order valence-electron chi connectivity index (χ0n) is 7.86. The summed E-state index contributed by atoms with van der Waals surface area (Å²) in [4.78, 5) is 11.3. The first-order valence-electron chi connectivity index (χ1n) is 4.40. The van der Waals surface area contributed by atoms with E-state index in [1.165, 1.54) is 22.5 Å². The highest BCUT2D eigenvalue weighted by molar-refractivity contribution is 7.12. The van der Waals surface area contributed by atoms with Gasteiger partial charge in [0, 0.05) is 0 Å². The van der Waals surface area contributed by atoms with Crippen molar-refractivity contribution in [3.63, 3.8) is 0 Å². The number of hydrogen-bond donors (Lipinski definition) is 0. The summed E-state index contributed by atoms with van der Waals surface area (Å²) in [5, 5.41) is 2.01. The number of hydrogen-bond acceptors (Lipinski definition) is 2. The molecule has 1 heterocycles. The number of carbonyl (C=O) groups is 1. The average molecular weight is 202 g/mol. The van der Waals surface area contributed by atoms with Gasteiger partial charge in [-0.15, -0.1) is 11.3 Å². The van der Waals surface area contributed by atoms with E-state index in [9.17, 15) is 4.79 Å². The Hall–Kier alpha value is -1.41. The van der Waals surface area contributed by atoms with Crippen LogP contribution in [0.5, 0.6) is 0 Å². The Bertz CT molecular complexity index is 440. The van der Waals surface area contributed by atoms with Crippen molar-refractivity contribution in [3.8, 4) is 11.1 Å². The molecule has 0 radical (unpaired) electrons. The fraction of sp³-hybridized carbons (Fsp3) is 0.0833.